The predicted molar refractivity (Wildman–Crippen MR) is 102 cm³/mol. The minimum absolute atomic E-state index is 0.00516. The van der Waals surface area contributed by atoms with E-state index in [9.17, 15) is 9.59 Å². The fourth-order valence-corrected chi connectivity index (χ4v) is 3.86. The molecule has 5 nitrogen and oxygen atoms in total. The van der Waals surface area contributed by atoms with Gasteiger partial charge in [0, 0.05) is 51.0 Å². The number of carbonyl (C=O) groups is 2. The van der Waals surface area contributed by atoms with Crippen LogP contribution in [0.3, 0.4) is 0 Å². The standard InChI is InChI=1S/C20H27ClN2O3/c1-15(24)22-12-8-17(9-13-22)26-19-7-6-16(21)14-18(19)20(25)23-10-4-2-3-5-11-23/h6-7,14,17H,2-5,8-13H2,1H3. The number of halogens is 1. The van der Waals surface area contributed by atoms with Crippen LogP contribution in [0.2, 0.25) is 5.02 Å². The predicted octanol–water partition coefficient (Wildman–Crippen LogP) is 3.75. The Hall–Kier alpha value is -1.75. The summed E-state index contributed by atoms with van der Waals surface area (Å²) in [7, 11) is 0. The number of hydrogen-bond donors (Lipinski definition) is 0. The minimum Gasteiger partial charge on any atom is -0.489 e. The Kier molecular flexibility index (Phi) is 6.41. The molecule has 3 rings (SSSR count). The van der Waals surface area contributed by atoms with Crippen LogP contribution >= 0.6 is 11.6 Å². The lowest BCUT2D eigenvalue weighted by Crippen LogP contribution is -2.41. The molecule has 0 aromatic heterocycles. The van der Waals surface area contributed by atoms with Gasteiger partial charge in [-0.15, -0.1) is 0 Å². The third-order valence-corrected chi connectivity index (χ3v) is 5.48. The van der Waals surface area contributed by atoms with Crippen molar-refractivity contribution in [1.29, 1.82) is 0 Å². The molecule has 0 bridgehead atoms. The number of ether oxygens (including phenoxy) is 1. The quantitative estimate of drug-likeness (QED) is 0.804. The summed E-state index contributed by atoms with van der Waals surface area (Å²) in [5.41, 5.74) is 0.549. The second-order valence-corrected chi connectivity index (χ2v) is 7.61. The Bertz CT molecular complexity index is 648. The smallest absolute Gasteiger partial charge is 0.257 e. The first-order valence-electron chi connectivity index (χ1n) is 9.55. The van der Waals surface area contributed by atoms with E-state index in [0.29, 0.717) is 29.4 Å². The average Bonchev–Trinajstić information content (AvgIpc) is 2.92. The maximum atomic E-state index is 13.0. The van der Waals surface area contributed by atoms with Crippen molar-refractivity contribution in [2.45, 2.75) is 51.6 Å². The van der Waals surface area contributed by atoms with E-state index in [2.05, 4.69) is 0 Å². The number of amides is 2. The fraction of sp³-hybridized carbons (Fsp3) is 0.600. The van der Waals surface area contributed by atoms with E-state index in [1.54, 1.807) is 25.1 Å². The molecule has 2 aliphatic rings. The van der Waals surface area contributed by atoms with Crippen molar-refractivity contribution in [3.8, 4) is 5.75 Å². The Morgan fingerprint density at radius 3 is 2.27 bits per heavy atom. The molecule has 0 aliphatic carbocycles. The molecule has 1 aromatic rings. The molecule has 2 saturated heterocycles. The molecule has 26 heavy (non-hydrogen) atoms. The van der Waals surface area contributed by atoms with E-state index in [-0.39, 0.29) is 17.9 Å². The number of nitrogens with zero attached hydrogens (tertiary/aromatic N) is 2. The SMILES string of the molecule is CC(=O)N1CCC(Oc2ccc(Cl)cc2C(=O)N2CCCCCC2)CC1. The highest BCUT2D eigenvalue weighted by Crippen LogP contribution is 2.28. The molecule has 2 fully saturated rings. The zero-order valence-electron chi connectivity index (χ0n) is 15.4. The molecular formula is C20H27ClN2O3. The molecule has 2 aliphatic heterocycles. The van der Waals surface area contributed by atoms with Crippen molar-refractivity contribution >= 4 is 23.4 Å². The van der Waals surface area contributed by atoms with E-state index in [4.69, 9.17) is 16.3 Å². The lowest BCUT2D eigenvalue weighted by molar-refractivity contribution is -0.130. The van der Waals surface area contributed by atoms with Crippen molar-refractivity contribution in [2.75, 3.05) is 26.2 Å². The molecule has 2 amide bonds. The van der Waals surface area contributed by atoms with E-state index in [1.165, 1.54) is 12.8 Å². The second kappa shape index (κ2) is 8.76. The summed E-state index contributed by atoms with van der Waals surface area (Å²) < 4.78 is 6.17. The topological polar surface area (TPSA) is 49.9 Å². The number of carbonyl (C=O) groups excluding carboxylic acids is 2. The lowest BCUT2D eigenvalue weighted by Gasteiger charge is -2.32. The number of hydrogen-bond acceptors (Lipinski definition) is 3. The first kappa shape index (κ1) is 19.0. The van der Waals surface area contributed by atoms with Crippen molar-refractivity contribution in [3.63, 3.8) is 0 Å². The van der Waals surface area contributed by atoms with Crippen molar-refractivity contribution < 1.29 is 14.3 Å². The second-order valence-electron chi connectivity index (χ2n) is 7.17. The van der Waals surface area contributed by atoms with Crippen LogP contribution in [0.25, 0.3) is 0 Å². The van der Waals surface area contributed by atoms with Crippen LogP contribution in [0.4, 0.5) is 0 Å². The normalized spacial score (nSPS) is 19.2. The van der Waals surface area contributed by atoms with E-state index < -0.39 is 0 Å². The van der Waals surface area contributed by atoms with Crippen LogP contribution in [-0.4, -0.2) is 53.9 Å². The summed E-state index contributed by atoms with van der Waals surface area (Å²) >= 11 is 6.16. The van der Waals surface area contributed by atoms with Crippen LogP contribution in [0, 0.1) is 0 Å². The summed E-state index contributed by atoms with van der Waals surface area (Å²) in [6.07, 6.45) is 6.02. The summed E-state index contributed by atoms with van der Waals surface area (Å²) in [6, 6.07) is 5.28. The fourth-order valence-electron chi connectivity index (χ4n) is 3.68. The Labute approximate surface area is 160 Å². The molecule has 0 radical (unpaired) electrons. The van der Waals surface area contributed by atoms with Gasteiger partial charge in [-0.2, -0.15) is 0 Å². The third-order valence-electron chi connectivity index (χ3n) is 5.25. The van der Waals surface area contributed by atoms with Gasteiger partial charge in [0.2, 0.25) is 5.91 Å². The van der Waals surface area contributed by atoms with Gasteiger partial charge in [0.1, 0.15) is 11.9 Å². The number of rotatable bonds is 3. The summed E-state index contributed by atoms with van der Waals surface area (Å²) in [5, 5.41) is 0.543. The molecule has 1 aromatic carbocycles. The maximum absolute atomic E-state index is 13.0. The Balaban J connectivity index is 1.71. The molecule has 0 spiro atoms. The highest BCUT2D eigenvalue weighted by molar-refractivity contribution is 6.31. The van der Waals surface area contributed by atoms with Gasteiger partial charge in [-0.3, -0.25) is 9.59 Å². The van der Waals surface area contributed by atoms with Crippen molar-refractivity contribution in [1.82, 2.24) is 9.80 Å². The third kappa shape index (κ3) is 4.70. The summed E-state index contributed by atoms with van der Waals surface area (Å²) in [4.78, 5) is 28.3. The molecule has 0 N–H and O–H groups in total. The van der Waals surface area contributed by atoms with Gasteiger partial charge in [-0.1, -0.05) is 24.4 Å². The van der Waals surface area contributed by atoms with Gasteiger partial charge < -0.3 is 14.5 Å². The summed E-state index contributed by atoms with van der Waals surface area (Å²) in [6.45, 7) is 4.58. The van der Waals surface area contributed by atoms with Crippen LogP contribution in [0.15, 0.2) is 18.2 Å². The minimum atomic E-state index is 0.00516. The van der Waals surface area contributed by atoms with Gasteiger partial charge in [-0.05, 0) is 31.0 Å². The molecule has 142 valence electrons. The van der Waals surface area contributed by atoms with Gasteiger partial charge in [0.05, 0.1) is 5.56 Å². The molecule has 2 heterocycles. The van der Waals surface area contributed by atoms with E-state index in [0.717, 1.165) is 38.8 Å². The average molecular weight is 379 g/mol. The number of likely N-dealkylation sites (tertiary alicyclic amines) is 2. The van der Waals surface area contributed by atoms with Crippen LogP contribution in [-0.2, 0) is 4.79 Å². The maximum Gasteiger partial charge on any atom is 0.257 e. The van der Waals surface area contributed by atoms with E-state index in [1.807, 2.05) is 9.80 Å². The Morgan fingerprint density at radius 1 is 1.00 bits per heavy atom. The number of piperidine rings is 1. The van der Waals surface area contributed by atoms with Gasteiger partial charge >= 0.3 is 0 Å². The van der Waals surface area contributed by atoms with Crippen LogP contribution in [0.1, 0.15) is 55.8 Å². The largest absolute Gasteiger partial charge is 0.489 e. The molecule has 0 unspecified atom stereocenters. The zero-order chi connectivity index (χ0) is 18.5. The van der Waals surface area contributed by atoms with Crippen molar-refractivity contribution in [2.24, 2.45) is 0 Å². The zero-order valence-corrected chi connectivity index (χ0v) is 16.1. The first-order valence-corrected chi connectivity index (χ1v) is 9.93. The van der Waals surface area contributed by atoms with Gasteiger partial charge in [0.25, 0.3) is 5.91 Å². The van der Waals surface area contributed by atoms with Crippen LogP contribution in [0.5, 0.6) is 5.75 Å². The van der Waals surface area contributed by atoms with Crippen LogP contribution < -0.4 is 4.74 Å². The van der Waals surface area contributed by atoms with E-state index >= 15 is 0 Å². The molecule has 0 atom stereocenters. The first-order chi connectivity index (χ1) is 12.5. The lowest BCUT2D eigenvalue weighted by atomic mass is 10.1. The molecule has 0 saturated carbocycles. The van der Waals surface area contributed by atoms with Crippen molar-refractivity contribution in [3.05, 3.63) is 28.8 Å². The van der Waals surface area contributed by atoms with Gasteiger partial charge in [0.15, 0.2) is 0 Å². The highest BCUT2D eigenvalue weighted by Gasteiger charge is 2.25. The van der Waals surface area contributed by atoms with Gasteiger partial charge in [-0.25, -0.2) is 0 Å². The molecular weight excluding hydrogens is 352 g/mol. The Morgan fingerprint density at radius 2 is 1.65 bits per heavy atom. The summed E-state index contributed by atoms with van der Waals surface area (Å²) in [5.74, 6) is 0.711. The monoisotopic (exact) mass is 378 g/mol. The highest BCUT2D eigenvalue weighted by atomic mass is 35.5. The molecule has 6 heteroatoms. The number of benzene rings is 1.